The molecule has 1 saturated heterocycles. The highest BCUT2D eigenvalue weighted by Gasteiger charge is 2.28. The molecule has 1 fully saturated rings. The van der Waals surface area contributed by atoms with Gasteiger partial charge in [0.15, 0.2) is 0 Å². The smallest absolute Gasteiger partial charge is 0.222 e. The third-order valence-electron chi connectivity index (χ3n) is 2.82. The number of hydrogen-bond donors (Lipinski definition) is 0. The lowest BCUT2D eigenvalue weighted by atomic mass is 10.1. The molecule has 0 aliphatic carbocycles. The Kier molecular flexibility index (Phi) is 3.95. The Morgan fingerprint density at radius 3 is 3.29 bits per heavy atom. The highest BCUT2D eigenvalue weighted by atomic mass is 32.1. The molecule has 1 aliphatic rings. The summed E-state index contributed by atoms with van der Waals surface area (Å²) in [5.41, 5.74) is 11.1. The number of nitrogens with zero attached hydrogens (tertiary/aromatic N) is 5. The van der Waals surface area contributed by atoms with Crippen LogP contribution in [-0.2, 0) is 11.2 Å². The van der Waals surface area contributed by atoms with Crippen LogP contribution in [0.5, 0.6) is 0 Å². The van der Waals surface area contributed by atoms with Crippen molar-refractivity contribution in [2.75, 3.05) is 19.6 Å². The van der Waals surface area contributed by atoms with Gasteiger partial charge in [-0.15, -0.1) is 11.3 Å². The van der Waals surface area contributed by atoms with Gasteiger partial charge in [0.2, 0.25) is 5.91 Å². The van der Waals surface area contributed by atoms with E-state index in [0.29, 0.717) is 26.1 Å². The second-order valence-corrected chi connectivity index (χ2v) is 4.77. The summed E-state index contributed by atoms with van der Waals surface area (Å²) < 4.78 is 0. The standard InChI is InChI=1S/C10H13N5OS/c11-14-13-4-8-3-10(16)15(5-8)2-1-9-6-17-7-12-9/h6-8H,1-5H2. The molecule has 0 saturated carbocycles. The maximum Gasteiger partial charge on any atom is 0.222 e. The van der Waals surface area contributed by atoms with Gasteiger partial charge in [0.05, 0.1) is 11.2 Å². The van der Waals surface area contributed by atoms with E-state index in [0.717, 1.165) is 12.1 Å². The minimum Gasteiger partial charge on any atom is -0.342 e. The number of thiazole rings is 1. The first-order valence-corrected chi connectivity index (χ1v) is 6.39. The lowest BCUT2D eigenvalue weighted by Gasteiger charge is -2.15. The van der Waals surface area contributed by atoms with E-state index < -0.39 is 0 Å². The summed E-state index contributed by atoms with van der Waals surface area (Å²) in [5, 5.41) is 5.52. The molecule has 17 heavy (non-hydrogen) atoms. The summed E-state index contributed by atoms with van der Waals surface area (Å²) in [6.07, 6.45) is 1.29. The van der Waals surface area contributed by atoms with Crippen LogP contribution in [0.3, 0.4) is 0 Å². The number of azide groups is 1. The highest BCUT2D eigenvalue weighted by Crippen LogP contribution is 2.18. The molecule has 1 atom stereocenters. The maximum atomic E-state index is 11.7. The fourth-order valence-corrected chi connectivity index (χ4v) is 2.55. The zero-order chi connectivity index (χ0) is 12.1. The van der Waals surface area contributed by atoms with Crippen LogP contribution in [0.2, 0.25) is 0 Å². The van der Waals surface area contributed by atoms with Crippen LogP contribution in [0.1, 0.15) is 12.1 Å². The van der Waals surface area contributed by atoms with Gasteiger partial charge in [0.25, 0.3) is 0 Å². The third kappa shape index (κ3) is 3.18. The van der Waals surface area contributed by atoms with E-state index in [4.69, 9.17) is 5.53 Å². The topological polar surface area (TPSA) is 82.0 Å². The Morgan fingerprint density at radius 1 is 1.71 bits per heavy atom. The summed E-state index contributed by atoms with van der Waals surface area (Å²) in [7, 11) is 0. The molecule has 1 unspecified atom stereocenters. The highest BCUT2D eigenvalue weighted by molar-refractivity contribution is 7.07. The summed E-state index contributed by atoms with van der Waals surface area (Å²) in [4.78, 5) is 20.4. The SMILES string of the molecule is [N-]=[N+]=NCC1CC(=O)N(CCc2cscn2)C1. The Morgan fingerprint density at radius 2 is 2.59 bits per heavy atom. The largest absolute Gasteiger partial charge is 0.342 e. The number of amides is 1. The lowest BCUT2D eigenvalue weighted by molar-refractivity contribution is -0.127. The van der Waals surface area contributed by atoms with Crippen LogP contribution in [0.4, 0.5) is 0 Å². The van der Waals surface area contributed by atoms with Crippen molar-refractivity contribution in [3.8, 4) is 0 Å². The minimum atomic E-state index is 0.151. The first-order chi connectivity index (χ1) is 8.29. The average molecular weight is 251 g/mol. The van der Waals surface area contributed by atoms with Crippen molar-refractivity contribution in [1.29, 1.82) is 0 Å². The molecule has 0 radical (unpaired) electrons. The lowest BCUT2D eigenvalue weighted by Crippen LogP contribution is -2.27. The second-order valence-electron chi connectivity index (χ2n) is 4.05. The van der Waals surface area contributed by atoms with E-state index in [1.165, 1.54) is 0 Å². The van der Waals surface area contributed by atoms with E-state index in [-0.39, 0.29) is 11.8 Å². The molecule has 1 aliphatic heterocycles. The normalized spacial score (nSPS) is 19.4. The van der Waals surface area contributed by atoms with Gasteiger partial charge in [0, 0.05) is 42.8 Å². The van der Waals surface area contributed by atoms with Gasteiger partial charge in [-0.1, -0.05) is 5.11 Å². The number of carbonyl (C=O) groups is 1. The van der Waals surface area contributed by atoms with Crippen LogP contribution in [-0.4, -0.2) is 35.4 Å². The predicted molar refractivity (Wildman–Crippen MR) is 64.5 cm³/mol. The quantitative estimate of drug-likeness (QED) is 0.454. The van der Waals surface area contributed by atoms with E-state index in [2.05, 4.69) is 15.0 Å². The molecule has 2 rings (SSSR count). The number of rotatable bonds is 5. The Bertz CT molecular complexity index is 426. The van der Waals surface area contributed by atoms with E-state index in [9.17, 15) is 4.79 Å². The summed E-state index contributed by atoms with van der Waals surface area (Å²) in [6.45, 7) is 1.81. The molecule has 7 heteroatoms. The van der Waals surface area contributed by atoms with Crippen LogP contribution < -0.4 is 0 Å². The van der Waals surface area contributed by atoms with Gasteiger partial charge in [0.1, 0.15) is 0 Å². The van der Waals surface area contributed by atoms with Crippen LogP contribution >= 0.6 is 11.3 Å². The Balaban J connectivity index is 1.81. The number of aromatic nitrogens is 1. The minimum absolute atomic E-state index is 0.151. The first-order valence-electron chi connectivity index (χ1n) is 5.45. The monoisotopic (exact) mass is 251 g/mol. The second kappa shape index (κ2) is 5.65. The molecular weight excluding hydrogens is 238 g/mol. The van der Waals surface area contributed by atoms with Gasteiger partial charge >= 0.3 is 0 Å². The van der Waals surface area contributed by atoms with Crippen molar-refractivity contribution in [1.82, 2.24) is 9.88 Å². The Labute approximate surface area is 103 Å². The van der Waals surface area contributed by atoms with Gasteiger partial charge in [-0.05, 0) is 11.4 Å². The van der Waals surface area contributed by atoms with E-state index in [1.54, 1.807) is 16.8 Å². The van der Waals surface area contributed by atoms with E-state index in [1.807, 2.05) is 10.3 Å². The average Bonchev–Trinajstić information content (AvgIpc) is 2.93. The molecule has 90 valence electrons. The number of hydrogen-bond acceptors (Lipinski definition) is 4. The number of likely N-dealkylation sites (tertiary alicyclic amines) is 1. The fourth-order valence-electron chi connectivity index (χ4n) is 1.95. The van der Waals surface area contributed by atoms with Gasteiger partial charge in [-0.3, -0.25) is 4.79 Å². The number of carbonyl (C=O) groups excluding carboxylic acids is 1. The van der Waals surface area contributed by atoms with Gasteiger partial charge < -0.3 is 4.90 Å². The molecule has 6 nitrogen and oxygen atoms in total. The van der Waals surface area contributed by atoms with Crippen molar-refractivity contribution < 1.29 is 4.79 Å². The van der Waals surface area contributed by atoms with Crippen LogP contribution in [0, 0.1) is 5.92 Å². The molecule has 0 spiro atoms. The van der Waals surface area contributed by atoms with Crippen LogP contribution in [0.25, 0.3) is 10.4 Å². The molecular formula is C10H13N5OS. The predicted octanol–water partition coefficient (Wildman–Crippen LogP) is 1.84. The van der Waals surface area contributed by atoms with Crippen molar-refractivity contribution >= 4 is 17.2 Å². The van der Waals surface area contributed by atoms with Crippen molar-refractivity contribution in [3.05, 3.63) is 27.0 Å². The zero-order valence-corrected chi connectivity index (χ0v) is 10.1. The van der Waals surface area contributed by atoms with E-state index >= 15 is 0 Å². The fraction of sp³-hybridized carbons (Fsp3) is 0.600. The first kappa shape index (κ1) is 11.9. The van der Waals surface area contributed by atoms with Gasteiger partial charge in [-0.2, -0.15) is 0 Å². The molecule has 1 amide bonds. The molecule has 2 heterocycles. The molecule has 0 aromatic carbocycles. The van der Waals surface area contributed by atoms with Crippen molar-refractivity contribution in [2.45, 2.75) is 12.8 Å². The zero-order valence-electron chi connectivity index (χ0n) is 9.32. The summed E-state index contributed by atoms with van der Waals surface area (Å²) in [6, 6.07) is 0. The molecule has 1 aromatic heterocycles. The van der Waals surface area contributed by atoms with Crippen LogP contribution in [0.15, 0.2) is 16.0 Å². The maximum absolute atomic E-state index is 11.7. The summed E-state index contributed by atoms with van der Waals surface area (Å²) in [5.74, 6) is 0.326. The molecule has 0 bridgehead atoms. The van der Waals surface area contributed by atoms with Crippen molar-refractivity contribution in [3.63, 3.8) is 0 Å². The Hall–Kier alpha value is -1.59. The molecule has 0 N–H and O–H groups in total. The van der Waals surface area contributed by atoms with Crippen molar-refractivity contribution in [2.24, 2.45) is 11.0 Å². The van der Waals surface area contributed by atoms with Gasteiger partial charge in [-0.25, -0.2) is 4.98 Å². The molecule has 1 aromatic rings. The third-order valence-corrected chi connectivity index (χ3v) is 3.45. The summed E-state index contributed by atoms with van der Waals surface area (Å²) >= 11 is 1.56.